The Morgan fingerprint density at radius 2 is 2.04 bits per heavy atom. The summed E-state index contributed by atoms with van der Waals surface area (Å²) in [6.45, 7) is 0. The van der Waals surface area contributed by atoms with Gasteiger partial charge in [0, 0.05) is 11.1 Å². The molecule has 0 aliphatic carbocycles. The Hall–Kier alpha value is -3.04. The number of carbonyl (C=O) groups is 1. The van der Waals surface area contributed by atoms with E-state index in [2.05, 4.69) is 11.1 Å². The number of fused-ring (bicyclic) bond motifs is 1. The number of benzene rings is 2. The van der Waals surface area contributed by atoms with Crippen LogP contribution in [0.2, 0.25) is 0 Å². The van der Waals surface area contributed by atoms with Gasteiger partial charge < -0.3 is 5.11 Å². The fraction of sp³-hybridized carbons (Fsp3) is 0.105. The summed E-state index contributed by atoms with van der Waals surface area (Å²) in [5.41, 5.74) is 2.40. The van der Waals surface area contributed by atoms with Gasteiger partial charge in [-0.15, -0.1) is 11.8 Å². The molecule has 1 saturated heterocycles. The molecule has 1 aromatic heterocycles. The highest BCUT2D eigenvalue weighted by Gasteiger charge is 2.35. The Morgan fingerprint density at radius 1 is 1.20 bits per heavy atom. The minimum atomic E-state index is -0.287. The Morgan fingerprint density at radius 3 is 2.88 bits per heavy atom. The number of pyridine rings is 1. The van der Waals surface area contributed by atoms with E-state index >= 15 is 0 Å². The monoisotopic (exact) mass is 347 g/mol. The van der Waals surface area contributed by atoms with E-state index in [-0.39, 0.29) is 17.0 Å². The number of amides is 1. The number of rotatable bonds is 2. The number of thioether (sulfide) groups is 1. The predicted octanol–water partition coefficient (Wildman–Crippen LogP) is 3.59. The lowest BCUT2D eigenvalue weighted by atomic mass is 10.1. The lowest BCUT2D eigenvalue weighted by molar-refractivity contribution is -0.115. The van der Waals surface area contributed by atoms with Crippen molar-refractivity contribution < 1.29 is 9.90 Å². The van der Waals surface area contributed by atoms with Crippen molar-refractivity contribution in [2.24, 2.45) is 0 Å². The summed E-state index contributed by atoms with van der Waals surface area (Å²) in [5.74, 6) is 0.443. The van der Waals surface area contributed by atoms with Crippen LogP contribution in [-0.2, 0) is 4.79 Å². The van der Waals surface area contributed by atoms with Crippen molar-refractivity contribution in [3.63, 3.8) is 0 Å². The lowest BCUT2D eigenvalue weighted by Gasteiger charge is -2.24. The third-order valence-electron chi connectivity index (χ3n) is 4.09. The quantitative estimate of drug-likeness (QED) is 0.766. The standard InChI is InChI=1S/C19H13N3O2S/c20-10-12-3-1-5-14(9-12)22-17(24)11-25-19(22)15-8-7-13-4-2-6-16(23)18(13)21-15/h1-9,19,23H,11H2. The second-order valence-corrected chi connectivity index (χ2v) is 6.74. The normalized spacial score (nSPS) is 17.0. The van der Waals surface area contributed by atoms with Gasteiger partial charge in [-0.25, -0.2) is 4.98 Å². The fourth-order valence-corrected chi connectivity index (χ4v) is 4.06. The number of anilines is 1. The largest absolute Gasteiger partial charge is 0.506 e. The molecule has 1 aliphatic rings. The first-order valence-corrected chi connectivity index (χ1v) is 8.75. The highest BCUT2D eigenvalue weighted by atomic mass is 32.2. The van der Waals surface area contributed by atoms with E-state index in [0.29, 0.717) is 28.2 Å². The van der Waals surface area contributed by atoms with Crippen LogP contribution in [0, 0.1) is 11.3 Å². The van der Waals surface area contributed by atoms with Crippen molar-refractivity contribution in [3.05, 3.63) is 65.9 Å². The van der Waals surface area contributed by atoms with Crippen molar-refractivity contribution in [1.82, 2.24) is 4.98 Å². The van der Waals surface area contributed by atoms with Gasteiger partial charge in [0.15, 0.2) is 0 Å². The Balaban J connectivity index is 1.79. The molecule has 1 amide bonds. The van der Waals surface area contributed by atoms with Crippen molar-refractivity contribution in [2.45, 2.75) is 5.37 Å². The first-order chi connectivity index (χ1) is 12.2. The third-order valence-corrected chi connectivity index (χ3v) is 5.28. The summed E-state index contributed by atoms with van der Waals surface area (Å²) in [6.07, 6.45) is 0. The summed E-state index contributed by atoms with van der Waals surface area (Å²) in [6, 6.07) is 18.1. The number of para-hydroxylation sites is 1. The average molecular weight is 347 g/mol. The van der Waals surface area contributed by atoms with Crippen LogP contribution in [0.1, 0.15) is 16.6 Å². The van der Waals surface area contributed by atoms with Gasteiger partial charge in [0.25, 0.3) is 0 Å². The maximum Gasteiger partial charge on any atom is 0.238 e. The topological polar surface area (TPSA) is 77.2 Å². The van der Waals surface area contributed by atoms with E-state index in [4.69, 9.17) is 5.26 Å². The van der Waals surface area contributed by atoms with Crippen molar-refractivity contribution in [1.29, 1.82) is 5.26 Å². The molecule has 1 unspecified atom stereocenters. The van der Waals surface area contributed by atoms with E-state index in [1.165, 1.54) is 11.8 Å². The number of phenolic OH excluding ortho intramolecular Hbond substituents is 1. The molecule has 25 heavy (non-hydrogen) atoms. The highest BCUT2D eigenvalue weighted by Crippen LogP contribution is 2.41. The maximum absolute atomic E-state index is 12.4. The van der Waals surface area contributed by atoms with Crippen LogP contribution in [0.4, 0.5) is 5.69 Å². The number of hydrogen-bond donors (Lipinski definition) is 1. The minimum absolute atomic E-state index is 0.0238. The number of hydrogen-bond acceptors (Lipinski definition) is 5. The van der Waals surface area contributed by atoms with Crippen LogP contribution >= 0.6 is 11.8 Å². The minimum Gasteiger partial charge on any atom is -0.506 e. The second-order valence-electron chi connectivity index (χ2n) is 5.67. The molecule has 6 heteroatoms. The van der Waals surface area contributed by atoms with Gasteiger partial charge in [-0.3, -0.25) is 9.69 Å². The van der Waals surface area contributed by atoms with E-state index in [1.807, 2.05) is 24.3 Å². The first kappa shape index (κ1) is 15.5. The van der Waals surface area contributed by atoms with Crippen LogP contribution in [0.15, 0.2) is 54.6 Å². The summed E-state index contributed by atoms with van der Waals surface area (Å²) in [5, 5.41) is 19.7. The number of carbonyl (C=O) groups excluding carboxylic acids is 1. The molecule has 122 valence electrons. The van der Waals surface area contributed by atoms with Crippen LogP contribution in [0.5, 0.6) is 5.75 Å². The maximum atomic E-state index is 12.4. The summed E-state index contributed by atoms with van der Waals surface area (Å²) >= 11 is 1.48. The first-order valence-electron chi connectivity index (χ1n) is 7.70. The summed E-state index contributed by atoms with van der Waals surface area (Å²) in [4.78, 5) is 18.7. The van der Waals surface area contributed by atoms with E-state index in [9.17, 15) is 9.90 Å². The molecule has 1 N–H and O–H groups in total. The molecule has 0 bridgehead atoms. The number of nitrogens with zero attached hydrogens (tertiary/aromatic N) is 3. The van der Waals surface area contributed by atoms with E-state index in [1.54, 1.807) is 35.2 Å². The number of aromatic nitrogens is 1. The third kappa shape index (κ3) is 2.69. The Kier molecular flexibility index (Phi) is 3.79. The molecule has 0 spiro atoms. The van der Waals surface area contributed by atoms with Gasteiger partial charge in [-0.1, -0.05) is 24.3 Å². The van der Waals surface area contributed by atoms with Gasteiger partial charge in [0.2, 0.25) is 5.91 Å². The lowest BCUT2D eigenvalue weighted by Crippen LogP contribution is -2.28. The molecule has 2 aromatic carbocycles. The predicted molar refractivity (Wildman–Crippen MR) is 97.2 cm³/mol. The number of phenols is 1. The van der Waals surface area contributed by atoms with E-state index < -0.39 is 0 Å². The molecule has 1 fully saturated rings. The molecule has 3 aromatic rings. The molecule has 1 atom stereocenters. The zero-order chi connectivity index (χ0) is 17.4. The van der Waals surface area contributed by atoms with Crippen molar-refractivity contribution in [3.8, 4) is 11.8 Å². The molecule has 1 aliphatic heterocycles. The molecule has 0 radical (unpaired) electrons. The van der Waals surface area contributed by atoms with Crippen LogP contribution in [0.3, 0.4) is 0 Å². The summed E-state index contributed by atoms with van der Waals surface area (Å²) < 4.78 is 0. The fourth-order valence-electron chi connectivity index (χ4n) is 2.93. The van der Waals surface area contributed by atoms with Gasteiger partial charge in [0.1, 0.15) is 16.6 Å². The molecule has 4 rings (SSSR count). The molecule has 5 nitrogen and oxygen atoms in total. The Bertz CT molecular complexity index is 1030. The zero-order valence-electron chi connectivity index (χ0n) is 13.1. The molecular formula is C19H13N3O2S. The molecule has 0 saturated carbocycles. The van der Waals surface area contributed by atoms with Crippen LogP contribution in [-0.4, -0.2) is 21.8 Å². The highest BCUT2D eigenvalue weighted by molar-refractivity contribution is 8.00. The van der Waals surface area contributed by atoms with Crippen LogP contribution < -0.4 is 4.90 Å². The molecular weight excluding hydrogens is 334 g/mol. The van der Waals surface area contributed by atoms with Gasteiger partial charge in [0.05, 0.1) is 23.1 Å². The second kappa shape index (κ2) is 6.11. The molecule has 2 heterocycles. The number of nitriles is 1. The summed E-state index contributed by atoms with van der Waals surface area (Å²) in [7, 11) is 0. The Labute approximate surface area is 148 Å². The van der Waals surface area contributed by atoms with Crippen LogP contribution in [0.25, 0.3) is 10.9 Å². The van der Waals surface area contributed by atoms with Gasteiger partial charge in [-0.05, 0) is 30.3 Å². The van der Waals surface area contributed by atoms with Gasteiger partial charge in [-0.2, -0.15) is 5.26 Å². The SMILES string of the molecule is N#Cc1cccc(N2C(=O)CSC2c2ccc3cccc(O)c3n2)c1. The van der Waals surface area contributed by atoms with Crippen molar-refractivity contribution >= 4 is 34.3 Å². The van der Waals surface area contributed by atoms with Crippen molar-refractivity contribution in [2.75, 3.05) is 10.7 Å². The van der Waals surface area contributed by atoms with Gasteiger partial charge >= 0.3 is 0 Å². The smallest absolute Gasteiger partial charge is 0.238 e. The average Bonchev–Trinajstić information content (AvgIpc) is 3.03. The zero-order valence-corrected chi connectivity index (χ0v) is 13.9. The van der Waals surface area contributed by atoms with E-state index in [0.717, 1.165) is 5.39 Å². The number of aromatic hydroxyl groups is 1.